The Morgan fingerprint density at radius 1 is 1.21 bits per heavy atom. The molecule has 0 unspecified atom stereocenters. The van der Waals surface area contributed by atoms with Gasteiger partial charge in [0, 0.05) is 6.54 Å². The summed E-state index contributed by atoms with van der Waals surface area (Å²) in [4.78, 5) is 0.0879. The second-order valence-corrected chi connectivity index (χ2v) is 6.23. The fourth-order valence-corrected chi connectivity index (χ4v) is 2.73. The van der Waals surface area contributed by atoms with Crippen molar-refractivity contribution in [3.8, 4) is 0 Å². The van der Waals surface area contributed by atoms with Crippen molar-refractivity contribution >= 4 is 15.7 Å². The maximum atomic E-state index is 12.0. The SMILES string of the molecule is CCNS(=O)(=O)c1ccccc1NC(C)(CO)CO. The van der Waals surface area contributed by atoms with Crippen molar-refractivity contribution in [2.45, 2.75) is 24.3 Å². The third-order valence-electron chi connectivity index (χ3n) is 2.65. The summed E-state index contributed by atoms with van der Waals surface area (Å²) in [5.41, 5.74) is -0.647. The van der Waals surface area contributed by atoms with Gasteiger partial charge < -0.3 is 15.5 Å². The van der Waals surface area contributed by atoms with Crippen LogP contribution >= 0.6 is 0 Å². The van der Waals surface area contributed by atoms with Crippen LogP contribution in [0, 0.1) is 0 Å². The van der Waals surface area contributed by atoms with E-state index in [-0.39, 0.29) is 24.7 Å². The van der Waals surface area contributed by atoms with Crippen molar-refractivity contribution in [1.29, 1.82) is 0 Å². The largest absolute Gasteiger partial charge is 0.394 e. The first-order valence-corrected chi connectivity index (χ1v) is 7.45. The van der Waals surface area contributed by atoms with Gasteiger partial charge in [-0.3, -0.25) is 0 Å². The number of nitrogens with one attached hydrogen (secondary N) is 2. The quantitative estimate of drug-likeness (QED) is 0.572. The summed E-state index contributed by atoms with van der Waals surface area (Å²) in [6, 6.07) is 6.36. The van der Waals surface area contributed by atoms with E-state index in [0.717, 1.165) is 0 Å². The van der Waals surface area contributed by atoms with Gasteiger partial charge >= 0.3 is 0 Å². The number of aliphatic hydroxyl groups excluding tert-OH is 2. The Kier molecular flexibility index (Phi) is 5.30. The van der Waals surface area contributed by atoms with Crippen molar-refractivity contribution in [2.75, 3.05) is 25.1 Å². The summed E-state index contributed by atoms with van der Waals surface area (Å²) >= 11 is 0. The van der Waals surface area contributed by atoms with Gasteiger partial charge in [0.15, 0.2) is 0 Å². The average molecular weight is 288 g/mol. The minimum absolute atomic E-state index is 0.0879. The maximum Gasteiger partial charge on any atom is 0.242 e. The molecule has 0 bridgehead atoms. The van der Waals surface area contributed by atoms with Crippen molar-refractivity contribution in [3.63, 3.8) is 0 Å². The molecule has 0 radical (unpaired) electrons. The Bertz CT molecular complexity index is 512. The number of sulfonamides is 1. The van der Waals surface area contributed by atoms with E-state index < -0.39 is 15.6 Å². The lowest BCUT2D eigenvalue weighted by Crippen LogP contribution is -2.43. The highest BCUT2D eigenvalue weighted by Crippen LogP contribution is 2.23. The van der Waals surface area contributed by atoms with Crippen LogP contribution in [0.1, 0.15) is 13.8 Å². The average Bonchev–Trinajstić information content (AvgIpc) is 2.39. The summed E-state index contributed by atoms with van der Waals surface area (Å²) in [6.45, 7) is 2.94. The summed E-state index contributed by atoms with van der Waals surface area (Å²) in [7, 11) is -3.61. The van der Waals surface area contributed by atoms with Gasteiger partial charge in [-0.2, -0.15) is 0 Å². The predicted molar refractivity (Wildman–Crippen MR) is 73.5 cm³/mol. The maximum absolute atomic E-state index is 12.0. The lowest BCUT2D eigenvalue weighted by Gasteiger charge is -2.28. The highest BCUT2D eigenvalue weighted by molar-refractivity contribution is 7.89. The Labute approximate surface area is 113 Å². The molecule has 19 heavy (non-hydrogen) atoms. The Morgan fingerprint density at radius 2 is 1.79 bits per heavy atom. The minimum atomic E-state index is -3.61. The van der Waals surface area contributed by atoms with E-state index in [2.05, 4.69) is 10.0 Å². The predicted octanol–water partition coefficient (Wildman–Crippen LogP) is 0.140. The van der Waals surface area contributed by atoms with E-state index in [1.165, 1.54) is 6.07 Å². The van der Waals surface area contributed by atoms with Gasteiger partial charge in [-0.05, 0) is 19.1 Å². The van der Waals surface area contributed by atoms with E-state index in [1.807, 2.05) is 0 Å². The van der Waals surface area contributed by atoms with Crippen LogP contribution < -0.4 is 10.0 Å². The zero-order valence-electron chi connectivity index (χ0n) is 11.0. The normalized spacial score (nSPS) is 12.4. The molecule has 0 aliphatic rings. The van der Waals surface area contributed by atoms with Gasteiger partial charge in [0.2, 0.25) is 10.0 Å². The minimum Gasteiger partial charge on any atom is -0.394 e. The fraction of sp³-hybridized carbons (Fsp3) is 0.500. The van der Waals surface area contributed by atoms with Crippen LogP contribution in [0.5, 0.6) is 0 Å². The van der Waals surface area contributed by atoms with Gasteiger partial charge in [-0.1, -0.05) is 19.1 Å². The lowest BCUT2D eigenvalue weighted by atomic mass is 10.1. The van der Waals surface area contributed by atoms with Crippen LogP contribution in [0.25, 0.3) is 0 Å². The van der Waals surface area contributed by atoms with Crippen LogP contribution in [0.3, 0.4) is 0 Å². The first-order chi connectivity index (χ1) is 8.88. The molecule has 0 aliphatic heterocycles. The monoisotopic (exact) mass is 288 g/mol. The standard InChI is InChI=1S/C12H20N2O4S/c1-3-13-19(17,18)11-7-5-4-6-10(11)14-12(2,8-15)9-16/h4-7,13-16H,3,8-9H2,1-2H3. The molecule has 0 aromatic heterocycles. The number of aliphatic hydroxyl groups is 2. The fourth-order valence-electron chi connectivity index (χ4n) is 1.53. The first-order valence-electron chi connectivity index (χ1n) is 5.97. The van der Waals surface area contributed by atoms with Gasteiger partial charge in [0.1, 0.15) is 4.90 Å². The van der Waals surface area contributed by atoms with Gasteiger partial charge in [-0.25, -0.2) is 13.1 Å². The summed E-state index contributed by atoms with van der Waals surface area (Å²) in [5.74, 6) is 0. The number of hydrogen-bond donors (Lipinski definition) is 4. The topological polar surface area (TPSA) is 98.7 Å². The van der Waals surface area contributed by atoms with Crippen molar-refractivity contribution in [3.05, 3.63) is 24.3 Å². The molecule has 0 heterocycles. The van der Waals surface area contributed by atoms with Gasteiger partial charge in [0.05, 0.1) is 24.4 Å². The molecule has 0 atom stereocenters. The second-order valence-electron chi connectivity index (χ2n) is 4.50. The molecular formula is C12H20N2O4S. The molecule has 6 nitrogen and oxygen atoms in total. The van der Waals surface area contributed by atoms with Crippen LogP contribution in [0.15, 0.2) is 29.2 Å². The molecule has 0 spiro atoms. The number of anilines is 1. The molecule has 4 N–H and O–H groups in total. The first kappa shape index (κ1) is 15.9. The molecule has 1 aromatic rings. The van der Waals surface area contributed by atoms with Gasteiger partial charge in [0.25, 0.3) is 0 Å². The molecule has 1 aromatic carbocycles. The van der Waals surface area contributed by atoms with E-state index in [1.54, 1.807) is 32.0 Å². The lowest BCUT2D eigenvalue weighted by molar-refractivity contribution is 0.147. The Balaban J connectivity index is 3.17. The van der Waals surface area contributed by atoms with Crippen LogP contribution in [0.2, 0.25) is 0 Å². The smallest absolute Gasteiger partial charge is 0.242 e. The highest BCUT2D eigenvalue weighted by atomic mass is 32.2. The number of rotatable bonds is 7. The van der Waals surface area contributed by atoms with E-state index in [4.69, 9.17) is 0 Å². The molecule has 0 amide bonds. The number of benzene rings is 1. The molecule has 1 rings (SSSR count). The zero-order valence-corrected chi connectivity index (χ0v) is 11.9. The second kappa shape index (κ2) is 6.33. The number of hydrogen-bond acceptors (Lipinski definition) is 5. The molecule has 0 saturated heterocycles. The molecule has 0 aliphatic carbocycles. The van der Waals surface area contributed by atoms with E-state index in [0.29, 0.717) is 5.69 Å². The molecule has 108 valence electrons. The third-order valence-corrected chi connectivity index (χ3v) is 4.25. The van der Waals surface area contributed by atoms with E-state index in [9.17, 15) is 18.6 Å². The van der Waals surface area contributed by atoms with E-state index >= 15 is 0 Å². The summed E-state index contributed by atoms with van der Waals surface area (Å²) in [6.07, 6.45) is 0. The van der Waals surface area contributed by atoms with Crippen molar-refractivity contribution in [1.82, 2.24) is 4.72 Å². The Hall–Kier alpha value is -1.15. The summed E-state index contributed by atoms with van der Waals surface area (Å²) < 4.78 is 26.5. The molecule has 0 saturated carbocycles. The van der Waals surface area contributed by atoms with Gasteiger partial charge in [-0.15, -0.1) is 0 Å². The van der Waals surface area contributed by atoms with Crippen molar-refractivity contribution < 1.29 is 18.6 Å². The zero-order chi connectivity index (χ0) is 14.5. The molecule has 7 heteroatoms. The summed E-state index contributed by atoms with van der Waals surface area (Å²) in [5, 5.41) is 21.4. The number of para-hydroxylation sites is 1. The molecular weight excluding hydrogens is 268 g/mol. The van der Waals surface area contributed by atoms with Crippen LogP contribution in [-0.2, 0) is 10.0 Å². The van der Waals surface area contributed by atoms with Crippen LogP contribution in [-0.4, -0.2) is 43.9 Å². The highest BCUT2D eigenvalue weighted by Gasteiger charge is 2.25. The Morgan fingerprint density at radius 3 is 2.32 bits per heavy atom. The van der Waals surface area contributed by atoms with Crippen LogP contribution in [0.4, 0.5) is 5.69 Å². The molecule has 0 fully saturated rings. The van der Waals surface area contributed by atoms with Crippen molar-refractivity contribution in [2.24, 2.45) is 0 Å². The third kappa shape index (κ3) is 3.90.